The van der Waals surface area contributed by atoms with Gasteiger partial charge in [-0.1, -0.05) is 12.1 Å². The molecule has 1 aromatic carbocycles. The van der Waals surface area contributed by atoms with E-state index in [1.807, 2.05) is 0 Å². The zero-order valence-corrected chi connectivity index (χ0v) is 9.19. The third kappa shape index (κ3) is 3.49. The number of alkyl halides is 3. The van der Waals surface area contributed by atoms with Gasteiger partial charge in [-0.05, 0) is 24.1 Å². The molecule has 1 rings (SSSR count). The Labute approximate surface area is 91.1 Å². The van der Waals surface area contributed by atoms with Gasteiger partial charge < -0.3 is 0 Å². The zero-order valence-electron chi connectivity index (χ0n) is 8.38. The topological polar surface area (TPSA) is 60.2 Å². The Morgan fingerprint density at radius 1 is 1.31 bits per heavy atom. The largest absolute Gasteiger partial charge is 0.416 e. The fourth-order valence-electron chi connectivity index (χ4n) is 1.30. The molecule has 0 aromatic heterocycles. The number of hydrogen-bond acceptors (Lipinski definition) is 2. The van der Waals surface area contributed by atoms with Gasteiger partial charge in [0.25, 0.3) is 0 Å². The third-order valence-electron chi connectivity index (χ3n) is 1.98. The summed E-state index contributed by atoms with van der Waals surface area (Å²) < 4.78 is 58.9. The standard InChI is InChI=1S/C9H10F3NO2S/c1-6-2-3-7(5-16(13,14)15)4-8(6)9(10,11)12/h2-4H,5H2,1H3,(H2,13,14,15). The van der Waals surface area contributed by atoms with Crippen molar-refractivity contribution in [2.75, 3.05) is 0 Å². The van der Waals surface area contributed by atoms with Crippen LogP contribution in [0.1, 0.15) is 16.7 Å². The SMILES string of the molecule is Cc1ccc(CS(N)(=O)=O)cc1C(F)(F)F. The van der Waals surface area contributed by atoms with E-state index in [1.165, 1.54) is 19.1 Å². The van der Waals surface area contributed by atoms with E-state index < -0.39 is 27.5 Å². The molecule has 16 heavy (non-hydrogen) atoms. The van der Waals surface area contributed by atoms with E-state index in [0.29, 0.717) is 0 Å². The van der Waals surface area contributed by atoms with Crippen LogP contribution in [0, 0.1) is 6.92 Å². The van der Waals surface area contributed by atoms with Gasteiger partial charge in [-0.3, -0.25) is 0 Å². The lowest BCUT2D eigenvalue weighted by molar-refractivity contribution is -0.138. The van der Waals surface area contributed by atoms with Crippen molar-refractivity contribution in [3.63, 3.8) is 0 Å². The Morgan fingerprint density at radius 2 is 1.88 bits per heavy atom. The first-order valence-electron chi connectivity index (χ1n) is 4.27. The van der Waals surface area contributed by atoms with Gasteiger partial charge in [0.05, 0.1) is 11.3 Å². The maximum atomic E-state index is 12.5. The van der Waals surface area contributed by atoms with Crippen molar-refractivity contribution in [3.8, 4) is 0 Å². The molecule has 0 saturated heterocycles. The quantitative estimate of drug-likeness (QED) is 0.873. The van der Waals surface area contributed by atoms with Crippen molar-refractivity contribution in [1.29, 1.82) is 0 Å². The highest BCUT2D eigenvalue weighted by molar-refractivity contribution is 7.88. The van der Waals surface area contributed by atoms with Crippen molar-refractivity contribution in [2.45, 2.75) is 18.9 Å². The van der Waals surface area contributed by atoms with E-state index in [0.717, 1.165) is 6.07 Å². The molecule has 0 bridgehead atoms. The molecule has 0 aliphatic rings. The van der Waals surface area contributed by atoms with Gasteiger partial charge in [0.1, 0.15) is 0 Å². The maximum Gasteiger partial charge on any atom is 0.416 e. The molecule has 2 N–H and O–H groups in total. The Hall–Kier alpha value is -1.08. The van der Waals surface area contributed by atoms with E-state index in [2.05, 4.69) is 0 Å². The van der Waals surface area contributed by atoms with Gasteiger partial charge in [-0.25, -0.2) is 13.6 Å². The predicted octanol–water partition coefficient (Wildman–Crippen LogP) is 1.80. The van der Waals surface area contributed by atoms with E-state index >= 15 is 0 Å². The van der Waals surface area contributed by atoms with Crippen LogP contribution in [-0.2, 0) is 22.0 Å². The second-order valence-electron chi connectivity index (χ2n) is 3.45. The van der Waals surface area contributed by atoms with Crippen LogP contribution < -0.4 is 5.14 Å². The summed E-state index contributed by atoms with van der Waals surface area (Å²) in [5.41, 5.74) is -0.764. The summed E-state index contributed by atoms with van der Waals surface area (Å²) >= 11 is 0. The Morgan fingerprint density at radius 3 is 2.31 bits per heavy atom. The predicted molar refractivity (Wildman–Crippen MR) is 53.0 cm³/mol. The molecule has 0 spiro atoms. The zero-order chi connectivity index (χ0) is 12.6. The van der Waals surface area contributed by atoms with Crippen LogP contribution in [0.2, 0.25) is 0 Å². The van der Waals surface area contributed by atoms with Crippen LogP contribution in [0.5, 0.6) is 0 Å². The van der Waals surface area contributed by atoms with Crippen molar-refractivity contribution in [2.24, 2.45) is 5.14 Å². The number of aryl methyl sites for hydroxylation is 1. The van der Waals surface area contributed by atoms with Crippen LogP contribution in [0.15, 0.2) is 18.2 Å². The van der Waals surface area contributed by atoms with E-state index in [9.17, 15) is 21.6 Å². The molecular formula is C9H10F3NO2S. The summed E-state index contributed by atoms with van der Waals surface area (Å²) in [6.45, 7) is 1.31. The normalized spacial score (nSPS) is 12.8. The lowest BCUT2D eigenvalue weighted by atomic mass is 10.1. The second kappa shape index (κ2) is 4.06. The van der Waals surface area contributed by atoms with Gasteiger partial charge >= 0.3 is 6.18 Å². The number of primary sulfonamides is 1. The Kier molecular flexibility index (Phi) is 3.30. The minimum atomic E-state index is -4.49. The van der Waals surface area contributed by atoms with Crippen LogP contribution >= 0.6 is 0 Å². The lowest BCUT2D eigenvalue weighted by Crippen LogP contribution is -2.15. The summed E-state index contributed by atoms with van der Waals surface area (Å²) in [6.07, 6.45) is -4.49. The fraction of sp³-hybridized carbons (Fsp3) is 0.333. The minimum Gasteiger partial charge on any atom is -0.228 e. The smallest absolute Gasteiger partial charge is 0.228 e. The first-order chi connectivity index (χ1) is 7.09. The van der Waals surface area contributed by atoms with Gasteiger partial charge in [0, 0.05) is 0 Å². The van der Waals surface area contributed by atoms with Crippen LogP contribution in [-0.4, -0.2) is 8.42 Å². The monoisotopic (exact) mass is 253 g/mol. The molecule has 0 aliphatic heterocycles. The summed E-state index contributed by atoms with van der Waals surface area (Å²) in [5.74, 6) is -0.601. The molecule has 0 radical (unpaired) electrons. The summed E-state index contributed by atoms with van der Waals surface area (Å²) in [5, 5.41) is 4.76. The summed E-state index contributed by atoms with van der Waals surface area (Å²) in [6, 6.07) is 3.35. The Balaban J connectivity index is 3.18. The minimum absolute atomic E-state index is 0.0282. The van der Waals surface area contributed by atoms with Crippen LogP contribution in [0.25, 0.3) is 0 Å². The first-order valence-corrected chi connectivity index (χ1v) is 5.98. The number of sulfonamides is 1. The number of hydrogen-bond donors (Lipinski definition) is 1. The molecule has 1 aromatic rings. The van der Waals surface area contributed by atoms with E-state index in [4.69, 9.17) is 5.14 Å². The molecule has 90 valence electrons. The maximum absolute atomic E-state index is 12.5. The average Bonchev–Trinajstić information content (AvgIpc) is 2.04. The Bertz CT molecular complexity index is 494. The number of benzene rings is 1. The van der Waals surface area contributed by atoms with Gasteiger partial charge in [0.2, 0.25) is 10.0 Å². The van der Waals surface area contributed by atoms with Gasteiger partial charge in [-0.2, -0.15) is 13.2 Å². The van der Waals surface area contributed by atoms with Crippen molar-refractivity contribution in [3.05, 3.63) is 34.9 Å². The van der Waals surface area contributed by atoms with E-state index in [-0.39, 0.29) is 11.1 Å². The molecule has 0 saturated carbocycles. The molecule has 0 unspecified atom stereocenters. The van der Waals surface area contributed by atoms with Crippen molar-refractivity contribution in [1.82, 2.24) is 0 Å². The van der Waals surface area contributed by atoms with Crippen molar-refractivity contribution >= 4 is 10.0 Å². The lowest BCUT2D eigenvalue weighted by Gasteiger charge is -2.11. The molecule has 0 amide bonds. The first kappa shape index (κ1) is 13.0. The van der Waals surface area contributed by atoms with Crippen LogP contribution in [0.4, 0.5) is 13.2 Å². The molecule has 7 heteroatoms. The number of rotatable bonds is 2. The van der Waals surface area contributed by atoms with Crippen molar-refractivity contribution < 1.29 is 21.6 Å². The number of nitrogens with two attached hydrogens (primary N) is 1. The number of halogens is 3. The van der Waals surface area contributed by atoms with Crippen LogP contribution in [0.3, 0.4) is 0 Å². The second-order valence-corrected chi connectivity index (χ2v) is 5.07. The van der Waals surface area contributed by atoms with E-state index in [1.54, 1.807) is 0 Å². The van der Waals surface area contributed by atoms with Gasteiger partial charge in [-0.15, -0.1) is 0 Å². The molecule has 3 nitrogen and oxygen atoms in total. The summed E-state index contributed by atoms with van der Waals surface area (Å²) in [7, 11) is -3.82. The fourth-order valence-corrected chi connectivity index (χ4v) is 1.94. The third-order valence-corrected chi connectivity index (χ3v) is 2.71. The summed E-state index contributed by atoms with van der Waals surface area (Å²) in [4.78, 5) is 0. The molecular weight excluding hydrogens is 243 g/mol. The average molecular weight is 253 g/mol. The highest BCUT2D eigenvalue weighted by Crippen LogP contribution is 2.32. The molecule has 0 fully saturated rings. The van der Waals surface area contributed by atoms with Gasteiger partial charge in [0.15, 0.2) is 0 Å². The highest BCUT2D eigenvalue weighted by atomic mass is 32.2. The molecule has 0 atom stereocenters. The molecule has 0 aliphatic carbocycles. The highest BCUT2D eigenvalue weighted by Gasteiger charge is 2.32. The molecule has 0 heterocycles.